The van der Waals surface area contributed by atoms with Gasteiger partial charge in [0.15, 0.2) is 5.82 Å². The Bertz CT molecular complexity index is 631. The number of hydrogen-bond acceptors (Lipinski definition) is 4. The van der Waals surface area contributed by atoms with Crippen LogP contribution in [0.15, 0.2) is 24.3 Å². The lowest BCUT2D eigenvalue weighted by Gasteiger charge is -2.20. The van der Waals surface area contributed by atoms with E-state index < -0.39 is 0 Å². The molecule has 1 saturated carbocycles. The molecule has 3 rings (SSSR count). The molecule has 1 fully saturated rings. The number of aryl methyl sites for hydroxylation is 1. The quantitative estimate of drug-likeness (QED) is 0.941. The number of hydrogen-bond donors (Lipinski definition) is 1. The standard InChI is InChI=1S/C16H23N5/c1-11-9-16(2,3)10-14(11)17-13-7-5-6-12(8-13)15-18-19-20-21(15)4/h5-8,11,14,17H,9-10H2,1-4H3. The molecule has 112 valence electrons. The summed E-state index contributed by atoms with van der Waals surface area (Å²) in [4.78, 5) is 0. The van der Waals surface area contributed by atoms with Crippen molar-refractivity contribution in [1.29, 1.82) is 0 Å². The maximum atomic E-state index is 4.07. The first kappa shape index (κ1) is 14.0. The van der Waals surface area contributed by atoms with Crippen LogP contribution in [0.25, 0.3) is 11.4 Å². The molecule has 2 unspecified atom stereocenters. The van der Waals surface area contributed by atoms with Crippen LogP contribution in [0.3, 0.4) is 0 Å². The first-order valence-corrected chi connectivity index (χ1v) is 7.54. The van der Waals surface area contributed by atoms with E-state index in [9.17, 15) is 0 Å². The van der Waals surface area contributed by atoms with Gasteiger partial charge in [0.2, 0.25) is 0 Å². The molecule has 1 aliphatic rings. The average molecular weight is 285 g/mol. The number of aromatic nitrogens is 4. The SMILES string of the molecule is CC1CC(C)(C)CC1Nc1cccc(-c2nnnn2C)c1. The lowest BCUT2D eigenvalue weighted by molar-refractivity contribution is 0.366. The van der Waals surface area contributed by atoms with Crippen LogP contribution in [0.5, 0.6) is 0 Å². The van der Waals surface area contributed by atoms with Crippen LogP contribution in [0.2, 0.25) is 0 Å². The zero-order chi connectivity index (χ0) is 15.0. The van der Waals surface area contributed by atoms with Crippen molar-refractivity contribution in [2.75, 3.05) is 5.32 Å². The van der Waals surface area contributed by atoms with E-state index in [1.54, 1.807) is 4.68 Å². The highest BCUT2D eigenvalue weighted by atomic mass is 15.5. The Hall–Kier alpha value is -1.91. The highest BCUT2D eigenvalue weighted by Gasteiger charge is 2.36. The van der Waals surface area contributed by atoms with E-state index in [4.69, 9.17) is 0 Å². The minimum Gasteiger partial charge on any atom is -0.382 e. The normalized spacial score (nSPS) is 24.2. The number of rotatable bonds is 3. The van der Waals surface area contributed by atoms with Gasteiger partial charge in [-0.05, 0) is 46.7 Å². The monoisotopic (exact) mass is 285 g/mol. The van der Waals surface area contributed by atoms with Gasteiger partial charge < -0.3 is 5.32 Å². The van der Waals surface area contributed by atoms with Crippen molar-refractivity contribution in [3.8, 4) is 11.4 Å². The minimum absolute atomic E-state index is 0.433. The Morgan fingerprint density at radius 3 is 2.71 bits per heavy atom. The summed E-state index contributed by atoms with van der Waals surface area (Å²) in [6, 6.07) is 8.87. The molecule has 21 heavy (non-hydrogen) atoms. The van der Waals surface area contributed by atoms with Crippen LogP contribution >= 0.6 is 0 Å². The second-order valence-electron chi connectivity index (χ2n) is 7.01. The fourth-order valence-corrected chi connectivity index (χ4v) is 3.52. The molecule has 0 spiro atoms. The Labute approximate surface area is 125 Å². The van der Waals surface area contributed by atoms with E-state index in [0.29, 0.717) is 17.4 Å². The zero-order valence-corrected chi connectivity index (χ0v) is 13.2. The van der Waals surface area contributed by atoms with Gasteiger partial charge in [-0.3, -0.25) is 0 Å². The summed E-state index contributed by atoms with van der Waals surface area (Å²) in [5.74, 6) is 1.48. The Balaban J connectivity index is 1.80. The maximum Gasteiger partial charge on any atom is 0.181 e. The van der Waals surface area contributed by atoms with E-state index in [1.165, 1.54) is 12.8 Å². The van der Waals surface area contributed by atoms with Gasteiger partial charge in [-0.2, -0.15) is 0 Å². The lowest BCUT2D eigenvalue weighted by Crippen LogP contribution is -2.22. The van der Waals surface area contributed by atoms with Gasteiger partial charge in [0.25, 0.3) is 0 Å². The summed E-state index contributed by atoms with van der Waals surface area (Å²) >= 11 is 0. The third-order valence-corrected chi connectivity index (χ3v) is 4.43. The molecule has 1 aromatic heterocycles. The Morgan fingerprint density at radius 1 is 1.29 bits per heavy atom. The second kappa shape index (κ2) is 5.13. The van der Waals surface area contributed by atoms with E-state index in [0.717, 1.165) is 17.1 Å². The van der Waals surface area contributed by atoms with Crippen molar-refractivity contribution in [2.24, 2.45) is 18.4 Å². The number of benzene rings is 1. The fraction of sp³-hybridized carbons (Fsp3) is 0.562. The Kier molecular flexibility index (Phi) is 3.43. The number of nitrogens with one attached hydrogen (secondary N) is 1. The van der Waals surface area contributed by atoms with Crippen molar-refractivity contribution >= 4 is 5.69 Å². The van der Waals surface area contributed by atoms with Crippen molar-refractivity contribution in [3.05, 3.63) is 24.3 Å². The molecule has 0 saturated heterocycles. The van der Waals surface area contributed by atoms with Crippen LogP contribution in [0, 0.1) is 11.3 Å². The minimum atomic E-state index is 0.433. The third-order valence-electron chi connectivity index (χ3n) is 4.43. The third kappa shape index (κ3) is 2.91. The van der Waals surface area contributed by atoms with Gasteiger partial charge in [-0.25, -0.2) is 4.68 Å². The summed E-state index contributed by atoms with van der Waals surface area (Å²) in [5.41, 5.74) is 2.62. The summed E-state index contributed by atoms with van der Waals surface area (Å²) in [6.07, 6.45) is 2.49. The first-order chi connectivity index (χ1) is 9.94. The van der Waals surface area contributed by atoms with Crippen molar-refractivity contribution in [2.45, 2.75) is 39.7 Å². The zero-order valence-electron chi connectivity index (χ0n) is 13.2. The van der Waals surface area contributed by atoms with Crippen molar-refractivity contribution in [1.82, 2.24) is 20.2 Å². The van der Waals surface area contributed by atoms with E-state index >= 15 is 0 Å². The molecular weight excluding hydrogens is 262 g/mol. The highest BCUT2D eigenvalue weighted by Crippen LogP contribution is 2.42. The Morgan fingerprint density at radius 2 is 2.10 bits per heavy atom. The van der Waals surface area contributed by atoms with Gasteiger partial charge >= 0.3 is 0 Å². The summed E-state index contributed by atoms with van der Waals surface area (Å²) in [6.45, 7) is 7.04. The molecule has 1 aromatic carbocycles. The molecule has 2 atom stereocenters. The number of tetrazole rings is 1. The molecule has 0 bridgehead atoms. The predicted molar refractivity (Wildman–Crippen MR) is 83.8 cm³/mol. The van der Waals surface area contributed by atoms with Crippen LogP contribution in [-0.2, 0) is 7.05 Å². The number of anilines is 1. The van der Waals surface area contributed by atoms with Gasteiger partial charge in [0.1, 0.15) is 0 Å². The van der Waals surface area contributed by atoms with E-state index in [2.05, 4.69) is 59.8 Å². The molecule has 1 heterocycles. The molecule has 0 amide bonds. The molecule has 5 nitrogen and oxygen atoms in total. The van der Waals surface area contributed by atoms with Gasteiger partial charge in [0, 0.05) is 24.3 Å². The summed E-state index contributed by atoms with van der Waals surface area (Å²) in [5, 5.41) is 15.4. The first-order valence-electron chi connectivity index (χ1n) is 7.54. The fourth-order valence-electron chi connectivity index (χ4n) is 3.52. The van der Waals surface area contributed by atoms with Crippen LogP contribution < -0.4 is 5.32 Å². The predicted octanol–water partition coefficient (Wildman–Crippen LogP) is 3.11. The molecule has 1 aliphatic carbocycles. The molecule has 1 N–H and O–H groups in total. The maximum absolute atomic E-state index is 4.07. The summed E-state index contributed by atoms with van der Waals surface area (Å²) < 4.78 is 1.69. The van der Waals surface area contributed by atoms with E-state index in [1.807, 2.05) is 13.1 Å². The lowest BCUT2D eigenvalue weighted by atomic mass is 9.91. The molecule has 2 aromatic rings. The molecule has 5 heteroatoms. The topological polar surface area (TPSA) is 55.6 Å². The molecular formula is C16H23N5. The van der Waals surface area contributed by atoms with Gasteiger partial charge in [-0.1, -0.05) is 32.9 Å². The van der Waals surface area contributed by atoms with Crippen molar-refractivity contribution in [3.63, 3.8) is 0 Å². The van der Waals surface area contributed by atoms with Crippen LogP contribution in [-0.4, -0.2) is 26.2 Å². The molecule has 0 radical (unpaired) electrons. The highest BCUT2D eigenvalue weighted by molar-refractivity contribution is 5.62. The summed E-state index contributed by atoms with van der Waals surface area (Å²) in [7, 11) is 1.86. The smallest absolute Gasteiger partial charge is 0.181 e. The largest absolute Gasteiger partial charge is 0.382 e. The number of nitrogens with zero attached hydrogens (tertiary/aromatic N) is 4. The molecule has 0 aliphatic heterocycles. The van der Waals surface area contributed by atoms with Crippen LogP contribution in [0.4, 0.5) is 5.69 Å². The second-order valence-corrected chi connectivity index (χ2v) is 7.01. The van der Waals surface area contributed by atoms with E-state index in [-0.39, 0.29) is 0 Å². The van der Waals surface area contributed by atoms with Gasteiger partial charge in [0.05, 0.1) is 0 Å². The van der Waals surface area contributed by atoms with Gasteiger partial charge in [-0.15, -0.1) is 5.10 Å². The van der Waals surface area contributed by atoms with Crippen LogP contribution in [0.1, 0.15) is 33.6 Å². The average Bonchev–Trinajstić information content (AvgIpc) is 2.93. The van der Waals surface area contributed by atoms with Crippen molar-refractivity contribution < 1.29 is 0 Å².